The summed E-state index contributed by atoms with van der Waals surface area (Å²) in [6.45, 7) is 2.62. The van der Waals surface area contributed by atoms with Gasteiger partial charge in [0.25, 0.3) is 5.91 Å². The van der Waals surface area contributed by atoms with Crippen molar-refractivity contribution in [3.63, 3.8) is 0 Å². The number of nitrogens with zero attached hydrogens (tertiary/aromatic N) is 3. The summed E-state index contributed by atoms with van der Waals surface area (Å²) >= 11 is 0. The van der Waals surface area contributed by atoms with E-state index in [0.29, 0.717) is 5.56 Å². The first-order chi connectivity index (χ1) is 13.6. The Morgan fingerprint density at radius 3 is 2.71 bits per heavy atom. The SMILES string of the molecule is CCCCNc1ccc2ncc(-c3ccc(C(=O)NCC(O)CO)cc3)n2n1. The molecule has 0 radical (unpaired) electrons. The van der Waals surface area contributed by atoms with Crippen LogP contribution in [0.15, 0.2) is 42.6 Å². The second-order valence-electron chi connectivity index (χ2n) is 6.54. The fraction of sp³-hybridized carbons (Fsp3) is 0.350. The second kappa shape index (κ2) is 9.29. The molecule has 3 rings (SSSR count). The van der Waals surface area contributed by atoms with E-state index in [-0.39, 0.29) is 12.5 Å². The largest absolute Gasteiger partial charge is 0.394 e. The Bertz CT molecular complexity index is 923. The number of nitrogens with one attached hydrogen (secondary N) is 2. The molecule has 28 heavy (non-hydrogen) atoms. The molecule has 0 spiro atoms. The quantitative estimate of drug-likeness (QED) is 0.419. The van der Waals surface area contributed by atoms with E-state index in [2.05, 4.69) is 27.6 Å². The van der Waals surface area contributed by atoms with Gasteiger partial charge in [-0.2, -0.15) is 0 Å². The van der Waals surface area contributed by atoms with E-state index >= 15 is 0 Å². The van der Waals surface area contributed by atoms with Crippen LogP contribution in [0.5, 0.6) is 0 Å². The number of aromatic nitrogens is 3. The lowest BCUT2D eigenvalue weighted by Crippen LogP contribution is -2.33. The number of aliphatic hydroxyl groups is 2. The van der Waals surface area contributed by atoms with Gasteiger partial charge >= 0.3 is 0 Å². The van der Waals surface area contributed by atoms with Crippen LogP contribution in [0.2, 0.25) is 0 Å². The van der Waals surface area contributed by atoms with Gasteiger partial charge in [0.2, 0.25) is 0 Å². The molecule has 1 unspecified atom stereocenters. The topological polar surface area (TPSA) is 112 Å². The van der Waals surface area contributed by atoms with E-state index < -0.39 is 12.7 Å². The van der Waals surface area contributed by atoms with Crippen LogP contribution >= 0.6 is 0 Å². The van der Waals surface area contributed by atoms with Gasteiger partial charge in [-0.3, -0.25) is 4.79 Å². The minimum Gasteiger partial charge on any atom is -0.394 e. The molecule has 0 aliphatic heterocycles. The first kappa shape index (κ1) is 19.8. The zero-order valence-electron chi connectivity index (χ0n) is 15.8. The van der Waals surface area contributed by atoms with Crippen LogP contribution in [-0.4, -0.2) is 56.5 Å². The van der Waals surface area contributed by atoms with Gasteiger partial charge in [0.05, 0.1) is 24.6 Å². The molecular weight excluding hydrogens is 358 g/mol. The predicted molar refractivity (Wildman–Crippen MR) is 107 cm³/mol. The van der Waals surface area contributed by atoms with Gasteiger partial charge in [-0.25, -0.2) is 9.50 Å². The van der Waals surface area contributed by atoms with Crippen molar-refractivity contribution in [3.8, 4) is 11.3 Å². The number of amides is 1. The van der Waals surface area contributed by atoms with Crippen LogP contribution < -0.4 is 10.6 Å². The molecule has 8 nitrogen and oxygen atoms in total. The Morgan fingerprint density at radius 1 is 1.21 bits per heavy atom. The van der Waals surface area contributed by atoms with Crippen molar-refractivity contribution in [2.75, 3.05) is 25.0 Å². The number of hydrogen-bond acceptors (Lipinski definition) is 6. The van der Waals surface area contributed by atoms with Gasteiger partial charge < -0.3 is 20.8 Å². The molecule has 0 aliphatic rings. The molecule has 2 aromatic heterocycles. The molecule has 0 saturated carbocycles. The number of unbranched alkanes of at least 4 members (excludes halogenated alkanes) is 1. The standard InChI is InChI=1S/C20H25N5O3/c1-2-3-10-21-18-8-9-19-22-12-17(25(19)24-18)14-4-6-15(7-5-14)20(28)23-11-16(27)13-26/h4-9,12,16,26-27H,2-3,10-11,13H2,1H3,(H,21,24)(H,23,28). The van der Waals surface area contributed by atoms with Gasteiger partial charge in [0, 0.05) is 24.2 Å². The lowest BCUT2D eigenvalue weighted by Gasteiger charge is -2.09. The average molecular weight is 383 g/mol. The van der Waals surface area contributed by atoms with Crippen molar-refractivity contribution in [1.82, 2.24) is 19.9 Å². The fourth-order valence-corrected chi connectivity index (χ4v) is 2.73. The van der Waals surface area contributed by atoms with Crippen LogP contribution in [0.3, 0.4) is 0 Å². The first-order valence-electron chi connectivity index (χ1n) is 9.38. The summed E-state index contributed by atoms with van der Waals surface area (Å²) in [6, 6.07) is 10.9. The maximum Gasteiger partial charge on any atom is 0.251 e. The molecule has 0 fully saturated rings. The first-order valence-corrected chi connectivity index (χ1v) is 9.38. The van der Waals surface area contributed by atoms with E-state index in [4.69, 9.17) is 5.11 Å². The highest BCUT2D eigenvalue weighted by Crippen LogP contribution is 2.21. The highest BCUT2D eigenvalue weighted by molar-refractivity contribution is 5.94. The zero-order valence-corrected chi connectivity index (χ0v) is 15.8. The molecule has 8 heteroatoms. The highest BCUT2D eigenvalue weighted by Gasteiger charge is 2.11. The normalized spacial score (nSPS) is 12.1. The molecule has 1 amide bonds. The van der Waals surface area contributed by atoms with Gasteiger partial charge in [0.1, 0.15) is 5.82 Å². The number of aliphatic hydroxyl groups excluding tert-OH is 2. The van der Waals surface area contributed by atoms with E-state index in [0.717, 1.165) is 42.1 Å². The molecule has 148 valence electrons. The minimum atomic E-state index is -0.965. The Kier molecular flexibility index (Phi) is 6.57. The van der Waals surface area contributed by atoms with E-state index in [1.165, 1.54) is 0 Å². The van der Waals surface area contributed by atoms with E-state index in [1.54, 1.807) is 22.8 Å². The average Bonchev–Trinajstić information content (AvgIpc) is 3.15. The zero-order chi connectivity index (χ0) is 19.9. The van der Waals surface area contributed by atoms with E-state index in [9.17, 15) is 9.90 Å². The van der Waals surface area contributed by atoms with Crippen molar-refractivity contribution >= 4 is 17.4 Å². The summed E-state index contributed by atoms with van der Waals surface area (Å²) in [7, 11) is 0. The van der Waals surface area contributed by atoms with Gasteiger partial charge in [-0.15, -0.1) is 5.10 Å². The van der Waals surface area contributed by atoms with Crippen molar-refractivity contribution in [3.05, 3.63) is 48.2 Å². The lowest BCUT2D eigenvalue weighted by atomic mass is 10.1. The summed E-state index contributed by atoms with van der Waals surface area (Å²) in [5, 5.41) is 28.6. The van der Waals surface area contributed by atoms with E-state index in [1.807, 2.05) is 24.3 Å². The van der Waals surface area contributed by atoms with Crippen LogP contribution in [-0.2, 0) is 0 Å². The summed E-state index contributed by atoms with van der Waals surface area (Å²) in [5.74, 6) is 0.483. The number of rotatable bonds is 9. The minimum absolute atomic E-state index is 0.00206. The predicted octanol–water partition coefficient (Wildman–Crippen LogP) is 1.69. The van der Waals surface area contributed by atoms with Crippen LogP contribution in [0.1, 0.15) is 30.1 Å². The van der Waals surface area contributed by atoms with Crippen LogP contribution in [0, 0.1) is 0 Å². The Labute approximate surface area is 163 Å². The van der Waals surface area contributed by atoms with Crippen LogP contribution in [0.25, 0.3) is 16.9 Å². The number of carbonyl (C=O) groups excluding carboxylic acids is 1. The van der Waals surface area contributed by atoms with Crippen LogP contribution in [0.4, 0.5) is 5.82 Å². The number of anilines is 1. The number of carbonyl (C=O) groups is 1. The second-order valence-corrected chi connectivity index (χ2v) is 6.54. The molecule has 2 heterocycles. The summed E-state index contributed by atoms with van der Waals surface area (Å²) in [4.78, 5) is 16.5. The van der Waals surface area contributed by atoms with Gasteiger partial charge in [-0.05, 0) is 30.7 Å². The third kappa shape index (κ3) is 4.65. The maximum atomic E-state index is 12.1. The van der Waals surface area contributed by atoms with Crippen molar-refractivity contribution in [2.45, 2.75) is 25.9 Å². The van der Waals surface area contributed by atoms with Gasteiger partial charge in [0.15, 0.2) is 5.65 Å². The maximum absolute atomic E-state index is 12.1. The Hall–Kier alpha value is -2.97. The number of imidazole rings is 1. The highest BCUT2D eigenvalue weighted by atomic mass is 16.3. The fourth-order valence-electron chi connectivity index (χ4n) is 2.73. The van der Waals surface area contributed by atoms with Crippen molar-refractivity contribution < 1.29 is 15.0 Å². The summed E-state index contributed by atoms with van der Waals surface area (Å²) in [6.07, 6.45) is 2.98. The molecule has 0 saturated heterocycles. The van der Waals surface area contributed by atoms with Crippen molar-refractivity contribution in [2.24, 2.45) is 0 Å². The Morgan fingerprint density at radius 2 is 2.00 bits per heavy atom. The third-order valence-corrected chi connectivity index (χ3v) is 4.35. The van der Waals surface area contributed by atoms with Gasteiger partial charge in [-0.1, -0.05) is 25.5 Å². The monoisotopic (exact) mass is 383 g/mol. The molecule has 0 aliphatic carbocycles. The lowest BCUT2D eigenvalue weighted by molar-refractivity contribution is 0.0802. The number of benzene rings is 1. The molecule has 1 atom stereocenters. The summed E-state index contributed by atoms with van der Waals surface area (Å²) in [5.41, 5.74) is 2.93. The Balaban J connectivity index is 1.76. The molecule has 3 aromatic rings. The number of hydrogen-bond donors (Lipinski definition) is 4. The molecular formula is C20H25N5O3. The number of fused-ring (bicyclic) bond motifs is 1. The molecule has 0 bridgehead atoms. The summed E-state index contributed by atoms with van der Waals surface area (Å²) < 4.78 is 1.78. The van der Waals surface area contributed by atoms with Crippen molar-refractivity contribution in [1.29, 1.82) is 0 Å². The smallest absolute Gasteiger partial charge is 0.251 e. The third-order valence-electron chi connectivity index (χ3n) is 4.35. The molecule has 4 N–H and O–H groups in total. The molecule has 1 aromatic carbocycles.